The van der Waals surface area contributed by atoms with Crippen LogP contribution in [0.3, 0.4) is 0 Å². The zero-order valence-electron chi connectivity index (χ0n) is 23.4. The minimum atomic E-state index is 0.0782. The van der Waals surface area contributed by atoms with Crippen molar-refractivity contribution in [3.8, 4) is 11.5 Å². The lowest BCUT2D eigenvalue weighted by Gasteiger charge is -2.43. The molecule has 0 bridgehead atoms. The zero-order valence-corrected chi connectivity index (χ0v) is 23.4. The predicted octanol–water partition coefficient (Wildman–Crippen LogP) is 6.60. The van der Waals surface area contributed by atoms with Gasteiger partial charge in [0.05, 0.1) is 6.10 Å². The molecular weight excluding hydrogens is 472 g/mol. The van der Waals surface area contributed by atoms with E-state index >= 15 is 0 Å². The maximum absolute atomic E-state index is 13.4. The normalized spacial score (nSPS) is 25.4. The van der Waals surface area contributed by atoms with Gasteiger partial charge < -0.3 is 14.4 Å². The number of piperazine rings is 1. The third-order valence-electron chi connectivity index (χ3n) is 8.53. The van der Waals surface area contributed by atoms with Crippen LogP contribution < -0.4 is 4.74 Å². The molecule has 2 unspecified atom stereocenters. The Hall–Kier alpha value is -2.89. The van der Waals surface area contributed by atoms with E-state index in [1.54, 1.807) is 0 Å². The molecule has 3 aliphatic rings. The average molecular weight is 515 g/mol. The minimum absolute atomic E-state index is 0.0782. The van der Waals surface area contributed by atoms with Gasteiger partial charge in [0.1, 0.15) is 11.5 Å². The molecule has 3 atom stereocenters. The number of ether oxygens (including phenoxy) is 2. The third-order valence-corrected chi connectivity index (χ3v) is 8.53. The van der Waals surface area contributed by atoms with E-state index in [2.05, 4.69) is 69.0 Å². The molecule has 5 rings (SSSR count). The molecule has 5 nitrogen and oxygen atoms in total. The summed E-state index contributed by atoms with van der Waals surface area (Å²) in [4.78, 5) is 17.9. The quantitative estimate of drug-likeness (QED) is 0.398. The number of carbonyl (C=O) groups excluding carboxylic acids is 1. The average Bonchev–Trinajstić information content (AvgIpc) is 2.89. The molecule has 5 heteroatoms. The molecule has 38 heavy (non-hydrogen) atoms. The second kappa shape index (κ2) is 11.5. The maximum Gasteiger partial charge on any atom is 0.254 e. The summed E-state index contributed by atoms with van der Waals surface area (Å²) in [6, 6.07) is 13.9. The van der Waals surface area contributed by atoms with Gasteiger partial charge in [0, 0.05) is 44.9 Å². The van der Waals surface area contributed by atoms with Gasteiger partial charge in [-0.1, -0.05) is 63.3 Å². The van der Waals surface area contributed by atoms with E-state index < -0.39 is 0 Å². The van der Waals surface area contributed by atoms with Gasteiger partial charge in [-0.25, -0.2) is 0 Å². The molecule has 0 spiro atoms. The fourth-order valence-electron chi connectivity index (χ4n) is 5.80. The third kappa shape index (κ3) is 6.05. The van der Waals surface area contributed by atoms with Crippen LogP contribution in [-0.2, 0) is 4.74 Å². The molecular formula is C33H42N2O3. The molecule has 0 radical (unpaired) electrons. The highest BCUT2D eigenvalue weighted by Gasteiger charge is 2.37. The predicted molar refractivity (Wildman–Crippen MR) is 153 cm³/mol. The van der Waals surface area contributed by atoms with Crippen LogP contribution >= 0.6 is 0 Å². The molecule has 2 fully saturated rings. The van der Waals surface area contributed by atoms with E-state index in [1.807, 2.05) is 35.2 Å². The smallest absolute Gasteiger partial charge is 0.254 e. The lowest BCUT2D eigenvalue weighted by molar-refractivity contribution is -0.0741. The van der Waals surface area contributed by atoms with Gasteiger partial charge in [0.25, 0.3) is 5.91 Å². The molecule has 0 saturated carbocycles. The van der Waals surface area contributed by atoms with Crippen molar-refractivity contribution in [2.24, 2.45) is 11.3 Å². The van der Waals surface area contributed by atoms with E-state index in [-0.39, 0.29) is 11.3 Å². The highest BCUT2D eigenvalue weighted by molar-refractivity contribution is 5.94. The van der Waals surface area contributed by atoms with Crippen LogP contribution in [0.2, 0.25) is 0 Å². The number of nitrogens with zero attached hydrogens (tertiary/aromatic N) is 2. The fourth-order valence-corrected chi connectivity index (χ4v) is 5.80. The Labute approximate surface area is 228 Å². The fraction of sp³-hybridized carbons (Fsp3) is 0.485. The number of rotatable bonds is 8. The van der Waals surface area contributed by atoms with E-state index in [9.17, 15) is 4.79 Å². The summed E-state index contributed by atoms with van der Waals surface area (Å²) >= 11 is 0. The molecule has 2 saturated heterocycles. The molecule has 2 aromatic carbocycles. The summed E-state index contributed by atoms with van der Waals surface area (Å²) < 4.78 is 11.9. The van der Waals surface area contributed by atoms with Gasteiger partial charge in [0.2, 0.25) is 0 Å². The lowest BCUT2D eigenvalue weighted by Crippen LogP contribution is -2.51. The summed E-state index contributed by atoms with van der Waals surface area (Å²) in [7, 11) is 0. The van der Waals surface area contributed by atoms with Gasteiger partial charge in [-0.15, -0.1) is 0 Å². The van der Waals surface area contributed by atoms with Gasteiger partial charge in [-0.3, -0.25) is 9.69 Å². The molecule has 1 aliphatic carbocycles. The van der Waals surface area contributed by atoms with Crippen molar-refractivity contribution in [1.29, 1.82) is 0 Å². The van der Waals surface area contributed by atoms with E-state index in [0.717, 1.165) is 57.1 Å². The Kier molecular flexibility index (Phi) is 8.06. The number of amides is 1. The Bertz CT molecular complexity index is 1190. The first-order valence-electron chi connectivity index (χ1n) is 14.2. The van der Waals surface area contributed by atoms with Crippen molar-refractivity contribution in [2.75, 3.05) is 39.3 Å². The monoisotopic (exact) mass is 514 g/mol. The number of hydrogen-bond donors (Lipinski definition) is 0. The first-order valence-corrected chi connectivity index (χ1v) is 14.2. The molecule has 0 N–H and O–H groups in total. The van der Waals surface area contributed by atoms with Gasteiger partial charge in [0.15, 0.2) is 0 Å². The zero-order chi connectivity index (χ0) is 26.7. The van der Waals surface area contributed by atoms with Gasteiger partial charge in [-0.2, -0.15) is 0 Å². The summed E-state index contributed by atoms with van der Waals surface area (Å²) in [6.07, 6.45) is 11.8. The van der Waals surface area contributed by atoms with Crippen molar-refractivity contribution in [3.63, 3.8) is 0 Å². The Balaban J connectivity index is 1.17. The maximum atomic E-state index is 13.4. The second-order valence-electron chi connectivity index (χ2n) is 11.7. The van der Waals surface area contributed by atoms with Gasteiger partial charge in [-0.05, 0) is 72.4 Å². The SMILES string of the molecule is Cc1cc(C(C)C)ccc1Oc1cccc(C(=O)N2CCN(CC3C=CC=C[C@]3(C)CC3CCO3)CC2)c1. The van der Waals surface area contributed by atoms with Crippen LogP contribution in [0, 0.1) is 18.3 Å². The summed E-state index contributed by atoms with van der Waals surface area (Å²) in [5.41, 5.74) is 3.20. The number of hydrogen-bond acceptors (Lipinski definition) is 4. The molecule has 2 aromatic rings. The molecule has 2 aliphatic heterocycles. The Morgan fingerprint density at radius 1 is 1.11 bits per heavy atom. The largest absolute Gasteiger partial charge is 0.457 e. The molecule has 1 amide bonds. The summed E-state index contributed by atoms with van der Waals surface area (Å²) in [5.74, 6) is 2.55. The van der Waals surface area contributed by atoms with Crippen LogP contribution in [-0.4, -0.2) is 61.1 Å². The topological polar surface area (TPSA) is 42.0 Å². The first-order chi connectivity index (χ1) is 18.3. The van der Waals surface area contributed by atoms with Gasteiger partial charge >= 0.3 is 0 Å². The number of allylic oxidation sites excluding steroid dienone is 3. The van der Waals surface area contributed by atoms with E-state index in [0.29, 0.717) is 29.3 Å². The summed E-state index contributed by atoms with van der Waals surface area (Å²) in [6.45, 7) is 14.0. The highest BCUT2D eigenvalue weighted by Crippen LogP contribution is 2.41. The number of benzene rings is 2. The van der Waals surface area contributed by atoms with Crippen molar-refractivity contribution < 1.29 is 14.3 Å². The number of carbonyl (C=O) groups is 1. The van der Waals surface area contributed by atoms with Crippen LogP contribution in [0.15, 0.2) is 66.8 Å². The Morgan fingerprint density at radius 3 is 2.58 bits per heavy atom. The molecule has 202 valence electrons. The second-order valence-corrected chi connectivity index (χ2v) is 11.7. The van der Waals surface area contributed by atoms with Crippen LogP contribution in [0.25, 0.3) is 0 Å². The van der Waals surface area contributed by atoms with E-state index in [1.165, 1.54) is 12.0 Å². The van der Waals surface area contributed by atoms with Crippen molar-refractivity contribution in [2.45, 2.75) is 52.6 Å². The standard InChI is InChI=1S/C33H42N2O3/c1-24(2)26-11-12-31(25(3)20-26)38-29-10-7-8-27(21-29)32(36)35-17-15-34(16-18-35)23-28-9-5-6-14-33(28,4)22-30-13-19-37-30/h5-12,14,20-21,24,28,30H,13,15-19,22-23H2,1-4H3/t28?,30?,33-/m1/s1. The van der Waals surface area contributed by atoms with Crippen molar-refractivity contribution in [1.82, 2.24) is 9.80 Å². The summed E-state index contributed by atoms with van der Waals surface area (Å²) in [5, 5.41) is 0. The van der Waals surface area contributed by atoms with Crippen LogP contribution in [0.5, 0.6) is 11.5 Å². The highest BCUT2D eigenvalue weighted by atomic mass is 16.5. The Morgan fingerprint density at radius 2 is 1.89 bits per heavy atom. The van der Waals surface area contributed by atoms with Crippen molar-refractivity contribution >= 4 is 5.91 Å². The molecule has 2 heterocycles. The minimum Gasteiger partial charge on any atom is -0.457 e. The van der Waals surface area contributed by atoms with E-state index in [4.69, 9.17) is 9.47 Å². The van der Waals surface area contributed by atoms with Crippen LogP contribution in [0.1, 0.15) is 61.0 Å². The van der Waals surface area contributed by atoms with Crippen molar-refractivity contribution in [3.05, 3.63) is 83.5 Å². The lowest BCUT2D eigenvalue weighted by atomic mass is 9.70. The first kappa shape index (κ1) is 26.7. The molecule has 0 aromatic heterocycles. The van der Waals surface area contributed by atoms with Crippen LogP contribution in [0.4, 0.5) is 0 Å². The number of aryl methyl sites for hydroxylation is 1.